The fourth-order valence-corrected chi connectivity index (χ4v) is 4.09. The second-order valence-corrected chi connectivity index (χ2v) is 7.79. The smallest absolute Gasteiger partial charge is 0.269 e. The van der Waals surface area contributed by atoms with Crippen LogP contribution in [-0.4, -0.2) is 29.8 Å². The Morgan fingerprint density at radius 1 is 0.806 bits per heavy atom. The first-order valence-electron chi connectivity index (χ1n) is 10.9. The number of fused-ring (bicyclic) bond motifs is 2. The van der Waals surface area contributed by atoms with Gasteiger partial charge in [-0.1, -0.05) is 32.0 Å². The van der Waals surface area contributed by atoms with Gasteiger partial charge in [0.1, 0.15) is 0 Å². The number of nitro groups is 1. The highest BCUT2D eigenvalue weighted by Gasteiger charge is 2.25. The Kier molecular flexibility index (Phi) is 7.39. The summed E-state index contributed by atoms with van der Waals surface area (Å²) in [5, 5.41) is 10.7. The lowest BCUT2D eigenvalue weighted by Crippen LogP contribution is -2.35. The van der Waals surface area contributed by atoms with E-state index < -0.39 is 4.92 Å². The molecule has 164 valence electrons. The zero-order valence-electron chi connectivity index (χ0n) is 18.2. The molecule has 2 amide bonds. The van der Waals surface area contributed by atoms with Crippen molar-refractivity contribution >= 4 is 28.9 Å². The molecule has 7 heteroatoms. The van der Waals surface area contributed by atoms with E-state index in [1.807, 2.05) is 30.0 Å². The van der Waals surface area contributed by atoms with Crippen molar-refractivity contribution in [3.8, 4) is 0 Å². The zero-order chi connectivity index (χ0) is 22.4. The Balaban J connectivity index is 0.000000179. The molecule has 0 atom stereocenters. The summed E-state index contributed by atoms with van der Waals surface area (Å²) < 4.78 is 0. The number of amides is 2. The van der Waals surface area contributed by atoms with E-state index in [4.69, 9.17) is 0 Å². The second-order valence-electron chi connectivity index (χ2n) is 7.79. The normalized spacial score (nSPS) is 15.0. The molecule has 2 aromatic carbocycles. The molecule has 0 N–H and O–H groups in total. The van der Waals surface area contributed by atoms with Crippen molar-refractivity contribution in [3.05, 3.63) is 63.7 Å². The van der Waals surface area contributed by atoms with Gasteiger partial charge in [0, 0.05) is 49.4 Å². The molecule has 2 aliphatic rings. The summed E-state index contributed by atoms with van der Waals surface area (Å²) in [7, 11) is 0. The third-order valence-electron chi connectivity index (χ3n) is 5.56. The van der Waals surface area contributed by atoms with E-state index in [9.17, 15) is 19.7 Å². The lowest BCUT2D eigenvalue weighted by atomic mass is 10.0. The van der Waals surface area contributed by atoms with Crippen LogP contribution in [0.25, 0.3) is 0 Å². The Labute approximate surface area is 182 Å². The molecule has 0 saturated heterocycles. The number of hydrogen-bond acceptors (Lipinski definition) is 4. The van der Waals surface area contributed by atoms with E-state index in [-0.39, 0.29) is 17.5 Å². The van der Waals surface area contributed by atoms with Crippen LogP contribution in [0.5, 0.6) is 0 Å². The zero-order valence-corrected chi connectivity index (χ0v) is 18.2. The summed E-state index contributed by atoms with van der Waals surface area (Å²) in [4.78, 5) is 37.4. The second kappa shape index (κ2) is 10.2. The summed E-state index contributed by atoms with van der Waals surface area (Å²) in [6.45, 7) is 5.62. The largest absolute Gasteiger partial charge is 0.312 e. The van der Waals surface area contributed by atoms with Crippen LogP contribution in [0.15, 0.2) is 42.5 Å². The van der Waals surface area contributed by atoms with Crippen molar-refractivity contribution in [2.45, 2.75) is 52.4 Å². The van der Waals surface area contributed by atoms with Gasteiger partial charge in [-0.15, -0.1) is 0 Å². The quantitative estimate of drug-likeness (QED) is 0.517. The summed E-state index contributed by atoms with van der Waals surface area (Å²) in [6.07, 6.45) is 4.48. The molecule has 2 heterocycles. The van der Waals surface area contributed by atoms with Gasteiger partial charge in [0.15, 0.2) is 0 Å². The van der Waals surface area contributed by atoms with Crippen molar-refractivity contribution in [1.82, 2.24) is 0 Å². The molecule has 2 aliphatic heterocycles. The van der Waals surface area contributed by atoms with Crippen LogP contribution in [0.1, 0.15) is 50.7 Å². The minimum absolute atomic E-state index is 0.0922. The third kappa shape index (κ3) is 5.10. The van der Waals surface area contributed by atoms with E-state index in [0.717, 1.165) is 42.7 Å². The van der Waals surface area contributed by atoms with Crippen LogP contribution in [0.4, 0.5) is 17.1 Å². The van der Waals surface area contributed by atoms with Crippen molar-refractivity contribution < 1.29 is 14.5 Å². The first-order valence-corrected chi connectivity index (χ1v) is 10.9. The summed E-state index contributed by atoms with van der Waals surface area (Å²) >= 11 is 0. The van der Waals surface area contributed by atoms with Crippen molar-refractivity contribution in [1.29, 1.82) is 0 Å². The molecular weight excluding hydrogens is 394 g/mol. The third-order valence-corrected chi connectivity index (χ3v) is 5.56. The topological polar surface area (TPSA) is 83.8 Å². The molecule has 0 fully saturated rings. The molecule has 0 aliphatic carbocycles. The molecule has 31 heavy (non-hydrogen) atoms. The first kappa shape index (κ1) is 22.5. The van der Waals surface area contributed by atoms with Gasteiger partial charge in [-0.2, -0.15) is 0 Å². The van der Waals surface area contributed by atoms with Gasteiger partial charge in [0.05, 0.1) is 4.92 Å². The van der Waals surface area contributed by atoms with Crippen LogP contribution < -0.4 is 9.80 Å². The highest BCUT2D eigenvalue weighted by Crippen LogP contribution is 2.31. The van der Waals surface area contributed by atoms with E-state index in [0.29, 0.717) is 25.8 Å². The fraction of sp³-hybridized carbons (Fsp3) is 0.417. The monoisotopic (exact) mass is 423 g/mol. The molecule has 0 bridgehead atoms. The highest BCUT2D eigenvalue weighted by molar-refractivity contribution is 5.97. The lowest BCUT2D eigenvalue weighted by molar-refractivity contribution is -0.384. The van der Waals surface area contributed by atoms with E-state index in [1.54, 1.807) is 17.0 Å². The van der Waals surface area contributed by atoms with Gasteiger partial charge < -0.3 is 9.80 Å². The number of nitrogens with zero attached hydrogens (tertiary/aromatic N) is 3. The summed E-state index contributed by atoms with van der Waals surface area (Å²) in [5.41, 5.74) is 4.24. The van der Waals surface area contributed by atoms with Gasteiger partial charge in [-0.3, -0.25) is 19.7 Å². The minimum Gasteiger partial charge on any atom is -0.312 e. The average molecular weight is 424 g/mol. The fourth-order valence-electron chi connectivity index (χ4n) is 4.09. The number of non-ortho nitro benzene ring substituents is 1. The molecule has 0 unspecified atom stereocenters. The Bertz CT molecular complexity index is 973. The molecule has 0 aromatic heterocycles. The van der Waals surface area contributed by atoms with Gasteiger partial charge in [0.25, 0.3) is 5.69 Å². The maximum Gasteiger partial charge on any atom is 0.269 e. The van der Waals surface area contributed by atoms with Gasteiger partial charge in [-0.25, -0.2) is 0 Å². The minimum atomic E-state index is -0.402. The molecule has 0 spiro atoms. The number of hydrogen-bond donors (Lipinski definition) is 0. The van der Waals surface area contributed by atoms with Gasteiger partial charge in [0.2, 0.25) is 11.8 Å². The van der Waals surface area contributed by atoms with Crippen LogP contribution in [0.2, 0.25) is 0 Å². The van der Waals surface area contributed by atoms with Crippen LogP contribution in [0.3, 0.4) is 0 Å². The number of aryl methyl sites for hydroxylation is 2. The maximum atomic E-state index is 11.8. The maximum absolute atomic E-state index is 11.8. The molecule has 7 nitrogen and oxygen atoms in total. The lowest BCUT2D eigenvalue weighted by Gasteiger charge is -2.28. The molecule has 4 rings (SSSR count). The van der Waals surface area contributed by atoms with E-state index in [1.165, 1.54) is 11.6 Å². The number of para-hydroxylation sites is 1. The predicted molar refractivity (Wildman–Crippen MR) is 121 cm³/mol. The Hall–Kier alpha value is -3.22. The Morgan fingerprint density at radius 3 is 1.94 bits per heavy atom. The molecule has 0 saturated carbocycles. The summed E-state index contributed by atoms with van der Waals surface area (Å²) in [5.74, 6) is 0.374. The van der Waals surface area contributed by atoms with Crippen molar-refractivity contribution in [2.75, 3.05) is 22.9 Å². The first-order chi connectivity index (χ1) is 15.0. The number of nitro benzene ring substituents is 1. The summed E-state index contributed by atoms with van der Waals surface area (Å²) in [6, 6.07) is 12.9. The SMILES string of the molecule is CCCN1C(=O)CCc2cc([N+](=O)[O-])ccc21.CCCN1C(=O)CCc2ccccc21. The van der Waals surface area contributed by atoms with Crippen LogP contribution in [0, 0.1) is 10.1 Å². The highest BCUT2D eigenvalue weighted by atomic mass is 16.6. The van der Waals surface area contributed by atoms with E-state index >= 15 is 0 Å². The van der Waals surface area contributed by atoms with Crippen molar-refractivity contribution in [3.63, 3.8) is 0 Å². The number of rotatable bonds is 5. The number of benzene rings is 2. The van der Waals surface area contributed by atoms with Crippen LogP contribution >= 0.6 is 0 Å². The Morgan fingerprint density at radius 2 is 1.35 bits per heavy atom. The predicted octanol–water partition coefficient (Wildman–Crippen LogP) is 4.66. The molecule has 0 radical (unpaired) electrons. The molecular formula is C24H29N3O4. The van der Waals surface area contributed by atoms with Gasteiger partial charge in [-0.05, 0) is 48.9 Å². The van der Waals surface area contributed by atoms with Gasteiger partial charge >= 0.3 is 0 Å². The number of carbonyl (C=O) groups excluding carboxylic acids is 2. The van der Waals surface area contributed by atoms with Crippen molar-refractivity contribution in [2.24, 2.45) is 0 Å². The number of anilines is 2. The standard InChI is InChI=1S/C12H14N2O3.C12H15NO/c1-2-7-13-11-5-4-10(14(16)17)8-9(11)3-6-12(13)15;1-2-9-13-11-6-4-3-5-10(11)7-8-12(13)14/h4-5,8H,2-3,6-7H2,1H3;3-6H,2,7-9H2,1H3. The van der Waals surface area contributed by atoms with E-state index in [2.05, 4.69) is 13.0 Å². The van der Waals surface area contributed by atoms with Crippen LogP contribution in [-0.2, 0) is 22.4 Å². The molecule has 2 aromatic rings. The average Bonchev–Trinajstić information content (AvgIpc) is 2.78. The number of carbonyl (C=O) groups is 2.